The summed E-state index contributed by atoms with van der Waals surface area (Å²) in [5.41, 5.74) is 2.82. The van der Waals surface area contributed by atoms with Gasteiger partial charge >= 0.3 is 6.61 Å². The van der Waals surface area contributed by atoms with E-state index in [1.165, 1.54) is 0 Å². The summed E-state index contributed by atoms with van der Waals surface area (Å²) in [5, 5.41) is 3.99. The van der Waals surface area contributed by atoms with Crippen LogP contribution >= 0.6 is 11.6 Å². The number of ether oxygens (including phenoxy) is 1. The Hall–Kier alpha value is -1.65. The Kier molecular flexibility index (Phi) is 5.75. The van der Waals surface area contributed by atoms with E-state index in [2.05, 4.69) is 10.1 Å². The number of nitrogens with one attached hydrogen (secondary N) is 1. The van der Waals surface area contributed by atoms with Crippen molar-refractivity contribution in [2.75, 3.05) is 0 Å². The molecule has 1 N–H and O–H groups in total. The molecule has 0 saturated carbocycles. The molecule has 0 aliphatic heterocycles. The number of rotatable bonds is 6. The molecule has 0 aliphatic rings. The van der Waals surface area contributed by atoms with Gasteiger partial charge in [-0.2, -0.15) is 8.78 Å². The second-order valence-electron chi connectivity index (χ2n) is 5.16. The molecule has 0 aromatic heterocycles. The average molecular weight is 326 g/mol. The Labute approximate surface area is 134 Å². The van der Waals surface area contributed by atoms with Crippen LogP contribution in [-0.4, -0.2) is 6.61 Å². The molecule has 1 unspecified atom stereocenters. The minimum Gasteiger partial charge on any atom is -0.434 e. The molecule has 0 saturated heterocycles. The normalized spacial score (nSPS) is 12.5. The summed E-state index contributed by atoms with van der Waals surface area (Å²) in [6.07, 6.45) is 0. The second kappa shape index (κ2) is 7.56. The average Bonchev–Trinajstić information content (AvgIpc) is 2.44. The molecular weight excluding hydrogens is 308 g/mol. The van der Waals surface area contributed by atoms with Crippen LogP contribution in [0.25, 0.3) is 0 Å². The van der Waals surface area contributed by atoms with Gasteiger partial charge in [0, 0.05) is 23.2 Å². The number of alkyl halides is 2. The van der Waals surface area contributed by atoms with Crippen LogP contribution in [-0.2, 0) is 6.54 Å². The largest absolute Gasteiger partial charge is 0.434 e. The molecule has 118 valence electrons. The van der Waals surface area contributed by atoms with Crippen molar-refractivity contribution in [1.29, 1.82) is 0 Å². The fourth-order valence-electron chi connectivity index (χ4n) is 2.34. The molecule has 0 amide bonds. The smallest absolute Gasteiger partial charge is 0.387 e. The molecule has 5 heteroatoms. The monoisotopic (exact) mass is 325 g/mol. The molecule has 1 atom stereocenters. The third-order valence-corrected chi connectivity index (χ3v) is 3.53. The van der Waals surface area contributed by atoms with Crippen LogP contribution in [0.1, 0.15) is 29.7 Å². The highest BCUT2D eigenvalue weighted by Gasteiger charge is 2.14. The zero-order valence-electron chi connectivity index (χ0n) is 12.4. The van der Waals surface area contributed by atoms with Gasteiger partial charge in [-0.05, 0) is 43.2 Å². The fraction of sp³-hybridized carbons (Fsp3) is 0.294. The van der Waals surface area contributed by atoms with Gasteiger partial charge < -0.3 is 10.1 Å². The van der Waals surface area contributed by atoms with Crippen LogP contribution in [0.3, 0.4) is 0 Å². The molecule has 0 heterocycles. The van der Waals surface area contributed by atoms with Gasteiger partial charge in [-0.3, -0.25) is 0 Å². The summed E-state index contributed by atoms with van der Waals surface area (Å²) < 4.78 is 29.5. The lowest BCUT2D eigenvalue weighted by atomic mass is 10.1. The predicted molar refractivity (Wildman–Crippen MR) is 84.5 cm³/mol. The van der Waals surface area contributed by atoms with Gasteiger partial charge in [0.2, 0.25) is 0 Å². The van der Waals surface area contributed by atoms with E-state index in [4.69, 9.17) is 11.6 Å². The molecule has 2 rings (SSSR count). The number of para-hydroxylation sites is 1. The van der Waals surface area contributed by atoms with Crippen LogP contribution in [0.5, 0.6) is 5.75 Å². The molecular formula is C17H18ClF2NO. The van der Waals surface area contributed by atoms with Gasteiger partial charge in [-0.15, -0.1) is 0 Å². The van der Waals surface area contributed by atoms with Gasteiger partial charge in [0.15, 0.2) is 0 Å². The van der Waals surface area contributed by atoms with Crippen LogP contribution in [0.2, 0.25) is 5.02 Å². The SMILES string of the molecule is Cc1cc(Cl)cc(CNC(C)c2ccccc2OC(F)F)c1. The van der Waals surface area contributed by atoms with Crippen molar-refractivity contribution < 1.29 is 13.5 Å². The number of hydrogen-bond donors (Lipinski definition) is 1. The van der Waals surface area contributed by atoms with Crippen molar-refractivity contribution in [3.63, 3.8) is 0 Å². The molecule has 2 aromatic rings. The number of benzene rings is 2. The highest BCUT2D eigenvalue weighted by molar-refractivity contribution is 6.30. The lowest BCUT2D eigenvalue weighted by molar-refractivity contribution is -0.0506. The first-order valence-electron chi connectivity index (χ1n) is 6.99. The third kappa shape index (κ3) is 4.68. The summed E-state index contributed by atoms with van der Waals surface area (Å²) in [4.78, 5) is 0. The van der Waals surface area contributed by atoms with Crippen LogP contribution in [0.15, 0.2) is 42.5 Å². The number of hydrogen-bond acceptors (Lipinski definition) is 2. The Balaban J connectivity index is 2.07. The van der Waals surface area contributed by atoms with E-state index in [0.717, 1.165) is 11.1 Å². The Bertz CT molecular complexity index is 614. The first kappa shape index (κ1) is 16.7. The molecule has 0 aliphatic carbocycles. The summed E-state index contributed by atoms with van der Waals surface area (Å²) in [6.45, 7) is 1.64. The van der Waals surface area contributed by atoms with E-state index in [9.17, 15) is 8.78 Å². The quantitative estimate of drug-likeness (QED) is 0.797. The fourth-order valence-corrected chi connectivity index (χ4v) is 2.65. The van der Waals surface area contributed by atoms with E-state index in [0.29, 0.717) is 17.1 Å². The lowest BCUT2D eigenvalue weighted by Crippen LogP contribution is -2.19. The topological polar surface area (TPSA) is 21.3 Å². The van der Waals surface area contributed by atoms with E-state index in [1.54, 1.807) is 24.3 Å². The molecule has 0 radical (unpaired) electrons. The first-order chi connectivity index (χ1) is 10.5. The van der Waals surface area contributed by atoms with Crippen LogP contribution < -0.4 is 10.1 Å². The van der Waals surface area contributed by atoms with Gasteiger partial charge in [-0.25, -0.2) is 0 Å². The van der Waals surface area contributed by atoms with Crippen molar-refractivity contribution >= 4 is 11.6 Å². The predicted octanol–water partition coefficient (Wildman–Crippen LogP) is 5.10. The summed E-state index contributed by atoms with van der Waals surface area (Å²) in [6, 6.07) is 12.5. The summed E-state index contributed by atoms with van der Waals surface area (Å²) in [7, 11) is 0. The van der Waals surface area contributed by atoms with Gasteiger partial charge in [-0.1, -0.05) is 35.9 Å². The van der Waals surface area contributed by atoms with E-state index in [-0.39, 0.29) is 11.8 Å². The van der Waals surface area contributed by atoms with Gasteiger partial charge in [0.05, 0.1) is 0 Å². The van der Waals surface area contributed by atoms with Crippen molar-refractivity contribution in [3.8, 4) is 5.75 Å². The van der Waals surface area contributed by atoms with Gasteiger partial charge in [0.1, 0.15) is 5.75 Å². The summed E-state index contributed by atoms with van der Waals surface area (Å²) in [5.74, 6) is 0.194. The Morgan fingerprint density at radius 2 is 1.91 bits per heavy atom. The standard InChI is InChI=1S/C17H18ClF2NO/c1-11-7-13(9-14(18)8-11)10-21-12(2)15-5-3-4-6-16(15)22-17(19)20/h3-9,12,17,21H,10H2,1-2H3. The van der Waals surface area contributed by atoms with Crippen molar-refractivity contribution in [3.05, 3.63) is 64.2 Å². The maximum absolute atomic E-state index is 12.4. The Morgan fingerprint density at radius 3 is 2.59 bits per heavy atom. The number of aryl methyl sites for hydroxylation is 1. The minimum atomic E-state index is -2.83. The van der Waals surface area contributed by atoms with E-state index in [1.807, 2.05) is 32.0 Å². The van der Waals surface area contributed by atoms with Crippen molar-refractivity contribution in [1.82, 2.24) is 5.32 Å². The highest BCUT2D eigenvalue weighted by Crippen LogP contribution is 2.26. The van der Waals surface area contributed by atoms with E-state index >= 15 is 0 Å². The number of halogens is 3. The molecule has 0 spiro atoms. The molecule has 22 heavy (non-hydrogen) atoms. The van der Waals surface area contributed by atoms with Crippen molar-refractivity contribution in [2.45, 2.75) is 33.0 Å². The summed E-state index contributed by atoms with van der Waals surface area (Å²) >= 11 is 6.03. The molecule has 0 fully saturated rings. The maximum atomic E-state index is 12.4. The van der Waals surface area contributed by atoms with Crippen LogP contribution in [0.4, 0.5) is 8.78 Å². The van der Waals surface area contributed by atoms with Crippen LogP contribution in [0, 0.1) is 6.92 Å². The second-order valence-corrected chi connectivity index (χ2v) is 5.59. The Morgan fingerprint density at radius 1 is 1.18 bits per heavy atom. The lowest BCUT2D eigenvalue weighted by Gasteiger charge is -2.18. The first-order valence-corrected chi connectivity index (χ1v) is 7.36. The molecule has 2 aromatic carbocycles. The molecule has 0 bridgehead atoms. The molecule has 2 nitrogen and oxygen atoms in total. The maximum Gasteiger partial charge on any atom is 0.387 e. The minimum absolute atomic E-state index is 0.130. The third-order valence-electron chi connectivity index (χ3n) is 3.32. The zero-order valence-corrected chi connectivity index (χ0v) is 13.2. The zero-order chi connectivity index (χ0) is 16.1. The van der Waals surface area contributed by atoms with E-state index < -0.39 is 6.61 Å². The van der Waals surface area contributed by atoms with Gasteiger partial charge in [0.25, 0.3) is 0 Å². The highest BCUT2D eigenvalue weighted by atomic mass is 35.5. The van der Waals surface area contributed by atoms with Crippen molar-refractivity contribution in [2.24, 2.45) is 0 Å².